The molecule has 0 bridgehead atoms. The smallest absolute Gasteiger partial charge is 0.174 e. The van der Waals surface area contributed by atoms with E-state index in [4.69, 9.17) is 4.74 Å². The number of nitrogens with zero attached hydrogens (tertiary/aromatic N) is 1. The van der Waals surface area contributed by atoms with Gasteiger partial charge in [-0.05, 0) is 12.5 Å². The van der Waals surface area contributed by atoms with Crippen LogP contribution >= 0.6 is 0 Å². The van der Waals surface area contributed by atoms with Crippen LogP contribution in [0.2, 0.25) is 0 Å². The highest BCUT2D eigenvalue weighted by atomic mass is 16.5. The van der Waals surface area contributed by atoms with Crippen LogP contribution in [0.25, 0.3) is 0 Å². The van der Waals surface area contributed by atoms with Gasteiger partial charge in [-0.3, -0.25) is 4.99 Å². The molecular formula is C17H17NO. The van der Waals surface area contributed by atoms with E-state index in [9.17, 15) is 0 Å². The molecule has 3 rings (SSSR count). The fourth-order valence-electron chi connectivity index (χ4n) is 2.40. The lowest BCUT2D eigenvalue weighted by Crippen LogP contribution is -2.31. The number of rotatable bonds is 2. The quantitative estimate of drug-likeness (QED) is 0.787. The number of ether oxygens (including phenoxy) is 1. The molecule has 0 saturated carbocycles. The summed E-state index contributed by atoms with van der Waals surface area (Å²) in [6.45, 7) is 2.13. The van der Waals surface area contributed by atoms with Crippen LogP contribution in [0.1, 0.15) is 30.7 Å². The molecule has 0 radical (unpaired) electrons. The van der Waals surface area contributed by atoms with Crippen molar-refractivity contribution in [2.75, 3.05) is 0 Å². The summed E-state index contributed by atoms with van der Waals surface area (Å²) in [5.74, 6) is 0. The van der Waals surface area contributed by atoms with Gasteiger partial charge in [0.1, 0.15) is 0 Å². The second-order valence-corrected chi connectivity index (χ2v) is 5.01. The van der Waals surface area contributed by atoms with Crippen LogP contribution in [-0.2, 0) is 10.3 Å². The summed E-state index contributed by atoms with van der Waals surface area (Å²) in [6.07, 6.45) is 2.58. The molecule has 0 aliphatic carbocycles. The van der Waals surface area contributed by atoms with E-state index in [-0.39, 0.29) is 11.8 Å². The predicted molar refractivity (Wildman–Crippen MR) is 77.2 cm³/mol. The van der Waals surface area contributed by atoms with E-state index in [2.05, 4.69) is 36.2 Å². The van der Waals surface area contributed by atoms with E-state index in [1.807, 2.05) is 42.6 Å². The standard InChI is InChI=1S/C17H17NO/c1-17(15-10-6-3-7-11-15)12-13-18-16(19-17)14-8-4-2-5-9-14/h2-11,13,16H,12H2,1H3. The van der Waals surface area contributed by atoms with Gasteiger partial charge >= 0.3 is 0 Å². The Balaban J connectivity index is 1.90. The van der Waals surface area contributed by atoms with Crippen LogP contribution in [0, 0.1) is 0 Å². The average Bonchev–Trinajstić information content (AvgIpc) is 2.49. The molecule has 0 fully saturated rings. The highest BCUT2D eigenvalue weighted by Gasteiger charge is 2.33. The maximum Gasteiger partial charge on any atom is 0.174 e. The maximum absolute atomic E-state index is 6.25. The Morgan fingerprint density at radius 3 is 2.32 bits per heavy atom. The first-order valence-electron chi connectivity index (χ1n) is 6.58. The molecule has 19 heavy (non-hydrogen) atoms. The van der Waals surface area contributed by atoms with Crippen molar-refractivity contribution in [3.8, 4) is 0 Å². The van der Waals surface area contributed by atoms with Crippen molar-refractivity contribution < 1.29 is 4.74 Å². The number of hydrogen-bond acceptors (Lipinski definition) is 2. The minimum absolute atomic E-state index is 0.208. The number of hydrogen-bond donors (Lipinski definition) is 0. The van der Waals surface area contributed by atoms with Gasteiger partial charge in [0.05, 0.1) is 5.60 Å². The summed E-state index contributed by atoms with van der Waals surface area (Å²) in [6, 6.07) is 20.5. The summed E-state index contributed by atoms with van der Waals surface area (Å²) >= 11 is 0. The predicted octanol–water partition coefficient (Wildman–Crippen LogP) is 4.09. The van der Waals surface area contributed by atoms with Crippen LogP contribution in [0.3, 0.4) is 0 Å². The van der Waals surface area contributed by atoms with Crippen LogP contribution < -0.4 is 0 Å². The van der Waals surface area contributed by atoms with Crippen LogP contribution in [-0.4, -0.2) is 6.21 Å². The zero-order valence-corrected chi connectivity index (χ0v) is 11.0. The molecule has 0 saturated heterocycles. The Morgan fingerprint density at radius 1 is 1.00 bits per heavy atom. The van der Waals surface area contributed by atoms with Crippen LogP contribution in [0.5, 0.6) is 0 Å². The van der Waals surface area contributed by atoms with E-state index >= 15 is 0 Å². The first kappa shape index (κ1) is 12.1. The summed E-state index contributed by atoms with van der Waals surface area (Å²) in [4.78, 5) is 4.47. The van der Waals surface area contributed by atoms with E-state index in [1.165, 1.54) is 5.56 Å². The molecule has 0 amide bonds. The lowest BCUT2D eigenvalue weighted by molar-refractivity contribution is -0.0897. The Kier molecular flexibility index (Phi) is 3.18. The highest BCUT2D eigenvalue weighted by Crippen LogP contribution is 2.37. The highest BCUT2D eigenvalue weighted by molar-refractivity contribution is 5.61. The zero-order valence-electron chi connectivity index (χ0n) is 11.0. The molecule has 2 aromatic carbocycles. The molecule has 1 aliphatic rings. The third-order valence-corrected chi connectivity index (χ3v) is 3.56. The molecule has 1 aliphatic heterocycles. The van der Waals surface area contributed by atoms with Crippen molar-refractivity contribution >= 4 is 6.21 Å². The first-order valence-corrected chi connectivity index (χ1v) is 6.58. The summed E-state index contributed by atoms with van der Waals surface area (Å²) < 4.78 is 6.25. The van der Waals surface area contributed by atoms with Crippen molar-refractivity contribution in [1.82, 2.24) is 0 Å². The third kappa shape index (κ3) is 2.45. The van der Waals surface area contributed by atoms with Crippen molar-refractivity contribution in [2.24, 2.45) is 4.99 Å². The van der Waals surface area contributed by atoms with Gasteiger partial charge in [0.25, 0.3) is 0 Å². The van der Waals surface area contributed by atoms with Crippen molar-refractivity contribution in [1.29, 1.82) is 0 Å². The lowest BCUT2D eigenvalue weighted by atomic mass is 9.91. The Bertz CT molecular complexity index is 564. The largest absolute Gasteiger partial charge is 0.341 e. The van der Waals surface area contributed by atoms with E-state index in [0.717, 1.165) is 12.0 Å². The van der Waals surface area contributed by atoms with Gasteiger partial charge in [0.15, 0.2) is 6.23 Å². The van der Waals surface area contributed by atoms with E-state index < -0.39 is 0 Å². The Labute approximate surface area is 113 Å². The summed E-state index contributed by atoms with van der Waals surface area (Å²) in [5, 5.41) is 0. The summed E-state index contributed by atoms with van der Waals surface area (Å²) in [7, 11) is 0. The fraction of sp³-hybridized carbons (Fsp3) is 0.235. The molecular weight excluding hydrogens is 234 g/mol. The molecule has 0 N–H and O–H groups in total. The van der Waals surface area contributed by atoms with E-state index in [0.29, 0.717) is 0 Å². The maximum atomic E-state index is 6.25. The number of aliphatic imine (C=N–C) groups is 1. The van der Waals surface area contributed by atoms with Crippen molar-refractivity contribution in [3.05, 3.63) is 71.8 Å². The minimum Gasteiger partial charge on any atom is -0.341 e. The molecule has 2 unspecified atom stereocenters. The molecule has 0 spiro atoms. The summed E-state index contributed by atoms with van der Waals surface area (Å²) in [5.41, 5.74) is 1.99. The Morgan fingerprint density at radius 2 is 1.63 bits per heavy atom. The normalized spacial score (nSPS) is 26.3. The SMILES string of the molecule is CC1(c2ccccc2)CC=NC(c2ccccc2)O1. The second-order valence-electron chi connectivity index (χ2n) is 5.01. The number of benzene rings is 2. The zero-order chi connectivity index (χ0) is 13.1. The molecule has 2 aromatic rings. The minimum atomic E-state index is -0.302. The molecule has 2 atom stereocenters. The van der Waals surface area contributed by atoms with Gasteiger partial charge in [-0.1, -0.05) is 60.7 Å². The lowest BCUT2D eigenvalue weighted by Gasteiger charge is -2.35. The molecule has 0 aromatic heterocycles. The van der Waals surface area contributed by atoms with Crippen molar-refractivity contribution in [3.63, 3.8) is 0 Å². The van der Waals surface area contributed by atoms with Crippen LogP contribution in [0.15, 0.2) is 65.7 Å². The van der Waals surface area contributed by atoms with Gasteiger partial charge in [0, 0.05) is 18.2 Å². The third-order valence-electron chi connectivity index (χ3n) is 3.56. The van der Waals surface area contributed by atoms with Gasteiger partial charge in [-0.2, -0.15) is 0 Å². The Hall–Kier alpha value is -1.93. The fourth-order valence-corrected chi connectivity index (χ4v) is 2.40. The van der Waals surface area contributed by atoms with Gasteiger partial charge in [0.2, 0.25) is 0 Å². The molecule has 2 heteroatoms. The average molecular weight is 251 g/mol. The second kappa shape index (κ2) is 4.98. The van der Waals surface area contributed by atoms with Crippen LogP contribution in [0.4, 0.5) is 0 Å². The van der Waals surface area contributed by atoms with Gasteiger partial charge < -0.3 is 4.74 Å². The first-order chi connectivity index (χ1) is 9.28. The molecule has 1 heterocycles. The van der Waals surface area contributed by atoms with Gasteiger partial charge in [-0.15, -0.1) is 0 Å². The van der Waals surface area contributed by atoms with Crippen molar-refractivity contribution in [2.45, 2.75) is 25.2 Å². The van der Waals surface area contributed by atoms with Gasteiger partial charge in [-0.25, -0.2) is 0 Å². The molecule has 2 nitrogen and oxygen atoms in total. The topological polar surface area (TPSA) is 21.6 Å². The van der Waals surface area contributed by atoms with E-state index in [1.54, 1.807) is 0 Å². The molecule has 96 valence electrons. The monoisotopic (exact) mass is 251 g/mol.